The molecule has 4 heteroatoms. The van der Waals surface area contributed by atoms with Crippen molar-refractivity contribution in [2.75, 3.05) is 0 Å². The highest BCUT2D eigenvalue weighted by Crippen LogP contribution is 2.22. The predicted molar refractivity (Wildman–Crippen MR) is 49.9 cm³/mol. The normalized spacial score (nSPS) is 26.3. The van der Waals surface area contributed by atoms with E-state index in [1.54, 1.807) is 12.1 Å². The van der Waals surface area contributed by atoms with Gasteiger partial charge in [0.1, 0.15) is 5.82 Å². The monoisotopic (exact) mass is 194 g/mol. The zero-order valence-electron chi connectivity index (χ0n) is 7.53. The van der Waals surface area contributed by atoms with Crippen LogP contribution < -0.4 is 11.1 Å². The van der Waals surface area contributed by atoms with Gasteiger partial charge in [0.2, 0.25) is 5.91 Å². The maximum absolute atomic E-state index is 12.6. The molecule has 14 heavy (non-hydrogen) atoms. The van der Waals surface area contributed by atoms with Crippen molar-refractivity contribution in [2.24, 2.45) is 5.73 Å². The Morgan fingerprint density at radius 2 is 2.00 bits per heavy atom. The van der Waals surface area contributed by atoms with Crippen molar-refractivity contribution in [2.45, 2.75) is 18.5 Å². The number of hydrogen-bond donors (Lipinski definition) is 2. The maximum atomic E-state index is 12.6. The highest BCUT2D eigenvalue weighted by atomic mass is 19.1. The number of benzene rings is 1. The molecule has 1 aromatic carbocycles. The first-order valence-electron chi connectivity index (χ1n) is 4.47. The third kappa shape index (κ3) is 1.61. The summed E-state index contributed by atoms with van der Waals surface area (Å²) in [6, 6.07) is 5.63. The van der Waals surface area contributed by atoms with Gasteiger partial charge in [-0.05, 0) is 17.7 Å². The Bertz CT molecular complexity index is 350. The molecular formula is C10H11FN2O. The molecule has 0 aromatic heterocycles. The minimum atomic E-state index is -0.286. The van der Waals surface area contributed by atoms with Crippen molar-refractivity contribution in [3.05, 3.63) is 35.6 Å². The first-order valence-corrected chi connectivity index (χ1v) is 4.47. The van der Waals surface area contributed by atoms with Crippen molar-refractivity contribution in [1.29, 1.82) is 0 Å². The summed E-state index contributed by atoms with van der Waals surface area (Å²) in [7, 11) is 0. The molecule has 1 fully saturated rings. The summed E-state index contributed by atoms with van der Waals surface area (Å²) in [5, 5.41) is 2.75. The van der Waals surface area contributed by atoms with E-state index in [2.05, 4.69) is 5.32 Å². The number of carbonyl (C=O) groups excluding carboxylic acids is 1. The topological polar surface area (TPSA) is 55.1 Å². The standard InChI is InChI=1S/C10H11FN2O/c11-7-3-1-6(2-4-7)10-8(12)5-9(14)13-10/h1-4,8,10H,5,12H2,(H,13,14). The average Bonchev–Trinajstić information content (AvgIpc) is 2.47. The van der Waals surface area contributed by atoms with Gasteiger partial charge in [-0.25, -0.2) is 4.39 Å². The molecule has 0 spiro atoms. The number of nitrogens with two attached hydrogens (primary N) is 1. The lowest BCUT2D eigenvalue weighted by Crippen LogP contribution is -2.28. The van der Waals surface area contributed by atoms with E-state index in [-0.39, 0.29) is 23.8 Å². The van der Waals surface area contributed by atoms with E-state index in [9.17, 15) is 9.18 Å². The van der Waals surface area contributed by atoms with Crippen LogP contribution in [-0.2, 0) is 4.79 Å². The zero-order valence-corrected chi connectivity index (χ0v) is 7.53. The van der Waals surface area contributed by atoms with Gasteiger partial charge in [0.05, 0.1) is 6.04 Å². The lowest BCUT2D eigenvalue weighted by Gasteiger charge is -2.14. The van der Waals surface area contributed by atoms with Crippen LogP contribution in [0.25, 0.3) is 0 Å². The summed E-state index contributed by atoms with van der Waals surface area (Å²) >= 11 is 0. The average molecular weight is 194 g/mol. The molecule has 2 rings (SSSR count). The van der Waals surface area contributed by atoms with Crippen molar-refractivity contribution < 1.29 is 9.18 Å². The van der Waals surface area contributed by atoms with E-state index in [0.717, 1.165) is 5.56 Å². The number of halogens is 1. The number of hydrogen-bond acceptors (Lipinski definition) is 2. The molecule has 1 heterocycles. The number of rotatable bonds is 1. The van der Waals surface area contributed by atoms with Crippen LogP contribution in [0.15, 0.2) is 24.3 Å². The summed E-state index contributed by atoms with van der Waals surface area (Å²) in [5.41, 5.74) is 6.61. The molecule has 1 aliphatic rings. The van der Waals surface area contributed by atoms with Crippen LogP contribution in [0.5, 0.6) is 0 Å². The molecule has 0 aliphatic carbocycles. The molecule has 0 saturated carbocycles. The fourth-order valence-corrected chi connectivity index (χ4v) is 1.67. The summed E-state index contributed by atoms with van der Waals surface area (Å²) in [6.07, 6.45) is 0.335. The lowest BCUT2D eigenvalue weighted by molar-refractivity contribution is -0.119. The molecule has 0 radical (unpaired) electrons. The van der Waals surface area contributed by atoms with Crippen LogP contribution in [0.1, 0.15) is 18.0 Å². The second kappa shape index (κ2) is 3.38. The minimum Gasteiger partial charge on any atom is -0.348 e. The third-order valence-corrected chi connectivity index (χ3v) is 2.39. The van der Waals surface area contributed by atoms with Gasteiger partial charge in [-0.15, -0.1) is 0 Å². The van der Waals surface area contributed by atoms with Crippen LogP contribution in [0, 0.1) is 5.82 Å². The second-order valence-electron chi connectivity index (χ2n) is 3.46. The van der Waals surface area contributed by atoms with Crippen LogP contribution in [0.4, 0.5) is 4.39 Å². The Morgan fingerprint density at radius 1 is 1.36 bits per heavy atom. The summed E-state index contributed by atoms with van der Waals surface area (Å²) < 4.78 is 12.6. The van der Waals surface area contributed by atoms with Crippen molar-refractivity contribution >= 4 is 5.91 Å². The summed E-state index contributed by atoms with van der Waals surface area (Å²) in [4.78, 5) is 11.0. The van der Waals surface area contributed by atoms with Gasteiger partial charge in [0.25, 0.3) is 0 Å². The largest absolute Gasteiger partial charge is 0.348 e. The van der Waals surface area contributed by atoms with Gasteiger partial charge < -0.3 is 11.1 Å². The van der Waals surface area contributed by atoms with Crippen LogP contribution in [-0.4, -0.2) is 11.9 Å². The number of nitrogens with one attached hydrogen (secondary N) is 1. The van der Waals surface area contributed by atoms with Gasteiger partial charge >= 0.3 is 0 Å². The maximum Gasteiger partial charge on any atom is 0.222 e. The minimum absolute atomic E-state index is 0.0492. The lowest BCUT2D eigenvalue weighted by atomic mass is 10.0. The Labute approximate surface area is 81.1 Å². The molecule has 1 aliphatic heterocycles. The van der Waals surface area contributed by atoms with Crippen molar-refractivity contribution in [3.63, 3.8) is 0 Å². The smallest absolute Gasteiger partial charge is 0.222 e. The van der Waals surface area contributed by atoms with E-state index in [1.807, 2.05) is 0 Å². The quantitative estimate of drug-likeness (QED) is 0.692. The Morgan fingerprint density at radius 3 is 2.50 bits per heavy atom. The molecule has 74 valence electrons. The third-order valence-electron chi connectivity index (χ3n) is 2.39. The molecule has 1 aromatic rings. The van der Waals surface area contributed by atoms with E-state index in [1.165, 1.54) is 12.1 Å². The van der Waals surface area contributed by atoms with Crippen LogP contribution >= 0.6 is 0 Å². The fraction of sp³-hybridized carbons (Fsp3) is 0.300. The molecule has 1 amide bonds. The van der Waals surface area contributed by atoms with Gasteiger partial charge in [-0.1, -0.05) is 12.1 Å². The van der Waals surface area contributed by atoms with E-state index in [0.29, 0.717) is 6.42 Å². The Kier molecular flexibility index (Phi) is 2.21. The zero-order chi connectivity index (χ0) is 10.1. The molecular weight excluding hydrogens is 183 g/mol. The first-order chi connectivity index (χ1) is 6.66. The number of amides is 1. The number of carbonyl (C=O) groups is 1. The van der Waals surface area contributed by atoms with E-state index >= 15 is 0 Å². The van der Waals surface area contributed by atoms with Crippen LogP contribution in [0.2, 0.25) is 0 Å². The fourth-order valence-electron chi connectivity index (χ4n) is 1.67. The molecule has 0 bridgehead atoms. The summed E-state index contributed by atoms with van der Waals surface area (Å²) in [5.74, 6) is -0.335. The summed E-state index contributed by atoms with van der Waals surface area (Å²) in [6.45, 7) is 0. The first kappa shape index (κ1) is 9.15. The Balaban J connectivity index is 2.23. The molecule has 2 unspecified atom stereocenters. The van der Waals surface area contributed by atoms with Crippen molar-refractivity contribution in [3.8, 4) is 0 Å². The molecule has 2 atom stereocenters. The van der Waals surface area contributed by atoms with Gasteiger partial charge in [-0.3, -0.25) is 4.79 Å². The van der Waals surface area contributed by atoms with Gasteiger partial charge in [-0.2, -0.15) is 0 Å². The highest BCUT2D eigenvalue weighted by molar-refractivity contribution is 5.80. The second-order valence-corrected chi connectivity index (χ2v) is 3.46. The Hall–Kier alpha value is -1.42. The van der Waals surface area contributed by atoms with Crippen molar-refractivity contribution in [1.82, 2.24) is 5.32 Å². The van der Waals surface area contributed by atoms with E-state index < -0.39 is 0 Å². The van der Waals surface area contributed by atoms with Crippen LogP contribution in [0.3, 0.4) is 0 Å². The van der Waals surface area contributed by atoms with Gasteiger partial charge in [0.15, 0.2) is 0 Å². The van der Waals surface area contributed by atoms with Gasteiger partial charge in [0, 0.05) is 12.5 Å². The molecule has 1 saturated heterocycles. The van der Waals surface area contributed by atoms with E-state index in [4.69, 9.17) is 5.73 Å². The SMILES string of the molecule is NC1CC(=O)NC1c1ccc(F)cc1. The highest BCUT2D eigenvalue weighted by Gasteiger charge is 2.30. The predicted octanol–water partition coefficient (Wildman–Crippen LogP) is 0.714. The molecule has 3 nitrogen and oxygen atoms in total. The molecule has 3 N–H and O–H groups in total.